The maximum absolute atomic E-state index is 9.80. The Morgan fingerprint density at radius 2 is 1.88 bits per heavy atom. The van der Waals surface area contributed by atoms with Gasteiger partial charge in [-0.15, -0.1) is 11.3 Å². The molecule has 0 fully saturated rings. The molecule has 0 unspecified atom stereocenters. The van der Waals surface area contributed by atoms with Crippen LogP contribution in [0.2, 0.25) is 0 Å². The van der Waals surface area contributed by atoms with Gasteiger partial charge in [-0.25, -0.2) is 4.98 Å². The normalized spacial score (nSPS) is 10.8. The number of aromatic nitrogens is 1. The van der Waals surface area contributed by atoms with Gasteiger partial charge in [0.15, 0.2) is 4.34 Å². The van der Waals surface area contributed by atoms with Gasteiger partial charge in [0.25, 0.3) is 0 Å². The standard InChI is InChI=1S/C13H9NOS2/c15-11-5-6-12(17-13-14-7-8-16-13)10-4-2-1-3-9(10)11/h1-8,15H. The van der Waals surface area contributed by atoms with Crippen molar-refractivity contribution in [3.05, 3.63) is 48.0 Å². The summed E-state index contributed by atoms with van der Waals surface area (Å²) in [5, 5.41) is 13.7. The molecular formula is C13H9NOS2. The first kappa shape index (κ1) is 10.6. The summed E-state index contributed by atoms with van der Waals surface area (Å²) in [4.78, 5) is 5.38. The molecule has 0 radical (unpaired) electrons. The predicted octanol–water partition coefficient (Wildman–Crippen LogP) is 4.15. The molecule has 0 aliphatic heterocycles. The highest BCUT2D eigenvalue weighted by Gasteiger charge is 2.07. The molecule has 2 aromatic carbocycles. The van der Waals surface area contributed by atoms with Crippen LogP contribution in [0.15, 0.2) is 57.2 Å². The van der Waals surface area contributed by atoms with Crippen LogP contribution in [-0.4, -0.2) is 10.1 Å². The molecule has 0 aliphatic carbocycles. The van der Waals surface area contributed by atoms with Crippen molar-refractivity contribution in [2.24, 2.45) is 0 Å². The number of hydrogen-bond donors (Lipinski definition) is 1. The first-order chi connectivity index (χ1) is 8.34. The maximum Gasteiger partial charge on any atom is 0.154 e. The van der Waals surface area contributed by atoms with Crippen LogP contribution in [0.5, 0.6) is 5.75 Å². The Balaban J connectivity index is 2.14. The first-order valence-corrected chi connectivity index (χ1v) is 6.82. The second-order valence-corrected chi connectivity index (χ2v) is 5.71. The molecule has 0 bridgehead atoms. The molecule has 0 aliphatic rings. The van der Waals surface area contributed by atoms with Crippen LogP contribution in [0.25, 0.3) is 10.8 Å². The molecule has 2 nitrogen and oxygen atoms in total. The van der Waals surface area contributed by atoms with Gasteiger partial charge in [-0.05, 0) is 17.5 Å². The Hall–Kier alpha value is -1.52. The molecule has 0 saturated carbocycles. The summed E-state index contributed by atoms with van der Waals surface area (Å²) in [6.45, 7) is 0. The van der Waals surface area contributed by atoms with E-state index in [0.29, 0.717) is 5.75 Å². The highest BCUT2D eigenvalue weighted by Crippen LogP contribution is 2.37. The van der Waals surface area contributed by atoms with Crippen LogP contribution in [0.3, 0.4) is 0 Å². The average molecular weight is 259 g/mol. The minimum atomic E-state index is 0.323. The van der Waals surface area contributed by atoms with Crippen molar-refractivity contribution in [1.29, 1.82) is 0 Å². The van der Waals surface area contributed by atoms with Gasteiger partial charge in [0, 0.05) is 21.9 Å². The minimum Gasteiger partial charge on any atom is -0.507 e. The lowest BCUT2D eigenvalue weighted by Crippen LogP contribution is -1.78. The summed E-state index contributed by atoms with van der Waals surface area (Å²) in [5.74, 6) is 0.323. The smallest absolute Gasteiger partial charge is 0.154 e. The zero-order chi connectivity index (χ0) is 11.7. The van der Waals surface area contributed by atoms with Crippen molar-refractivity contribution in [1.82, 2.24) is 4.98 Å². The molecular weight excluding hydrogens is 250 g/mol. The lowest BCUT2D eigenvalue weighted by Gasteiger charge is -2.05. The van der Waals surface area contributed by atoms with Crippen LogP contribution in [0, 0.1) is 0 Å². The van der Waals surface area contributed by atoms with E-state index in [9.17, 15) is 5.11 Å². The Kier molecular flexibility index (Phi) is 2.74. The number of nitrogens with zero attached hydrogens (tertiary/aromatic N) is 1. The quantitative estimate of drug-likeness (QED) is 0.750. The first-order valence-electron chi connectivity index (χ1n) is 5.12. The van der Waals surface area contributed by atoms with E-state index < -0.39 is 0 Å². The third-order valence-corrected chi connectivity index (χ3v) is 4.43. The van der Waals surface area contributed by atoms with Gasteiger partial charge in [0.2, 0.25) is 0 Å². The molecule has 0 amide bonds. The van der Waals surface area contributed by atoms with Gasteiger partial charge in [-0.2, -0.15) is 0 Å². The summed E-state index contributed by atoms with van der Waals surface area (Å²) < 4.78 is 1.01. The highest BCUT2D eigenvalue weighted by molar-refractivity contribution is 8.01. The van der Waals surface area contributed by atoms with Crippen molar-refractivity contribution in [2.45, 2.75) is 9.24 Å². The van der Waals surface area contributed by atoms with Crippen LogP contribution in [0.4, 0.5) is 0 Å². The van der Waals surface area contributed by atoms with Gasteiger partial charge in [0.1, 0.15) is 5.75 Å². The van der Waals surface area contributed by atoms with Crippen molar-refractivity contribution < 1.29 is 5.11 Å². The zero-order valence-electron chi connectivity index (χ0n) is 8.83. The zero-order valence-corrected chi connectivity index (χ0v) is 10.5. The number of phenols is 1. The van der Waals surface area contributed by atoms with E-state index >= 15 is 0 Å². The second-order valence-electron chi connectivity index (χ2n) is 3.53. The fourth-order valence-corrected chi connectivity index (χ4v) is 3.41. The Morgan fingerprint density at radius 1 is 1.06 bits per heavy atom. The van der Waals surface area contributed by atoms with E-state index in [2.05, 4.69) is 4.98 Å². The van der Waals surface area contributed by atoms with Gasteiger partial charge in [0.05, 0.1) is 0 Å². The number of phenolic OH excluding ortho intramolecular Hbond substituents is 1. The van der Waals surface area contributed by atoms with E-state index in [1.165, 1.54) is 0 Å². The van der Waals surface area contributed by atoms with Crippen LogP contribution in [0.1, 0.15) is 0 Å². The van der Waals surface area contributed by atoms with Gasteiger partial charge in [-0.1, -0.05) is 36.0 Å². The van der Waals surface area contributed by atoms with Gasteiger partial charge < -0.3 is 5.11 Å². The van der Waals surface area contributed by atoms with E-state index in [4.69, 9.17) is 0 Å². The maximum atomic E-state index is 9.80. The molecule has 3 aromatic rings. The molecule has 4 heteroatoms. The van der Waals surface area contributed by atoms with E-state index in [0.717, 1.165) is 20.0 Å². The molecule has 0 saturated heterocycles. The second kappa shape index (κ2) is 4.39. The lowest BCUT2D eigenvalue weighted by atomic mass is 10.1. The Labute approximate surface area is 107 Å². The fourth-order valence-electron chi connectivity index (χ4n) is 1.70. The molecule has 84 valence electrons. The lowest BCUT2D eigenvalue weighted by molar-refractivity contribution is 0.481. The van der Waals surface area contributed by atoms with Crippen molar-refractivity contribution in [3.63, 3.8) is 0 Å². The third kappa shape index (κ3) is 2.01. The summed E-state index contributed by atoms with van der Waals surface area (Å²) in [6.07, 6.45) is 1.80. The summed E-state index contributed by atoms with van der Waals surface area (Å²) in [7, 11) is 0. The van der Waals surface area contributed by atoms with E-state index in [1.807, 2.05) is 35.7 Å². The topological polar surface area (TPSA) is 33.1 Å². The van der Waals surface area contributed by atoms with E-state index in [1.54, 1.807) is 35.4 Å². The fraction of sp³-hybridized carbons (Fsp3) is 0. The summed E-state index contributed by atoms with van der Waals surface area (Å²) >= 11 is 3.25. The SMILES string of the molecule is Oc1ccc(Sc2nccs2)c2ccccc12. The minimum absolute atomic E-state index is 0.323. The largest absolute Gasteiger partial charge is 0.507 e. The number of thiazole rings is 1. The van der Waals surface area contributed by atoms with Gasteiger partial charge >= 0.3 is 0 Å². The monoisotopic (exact) mass is 259 g/mol. The van der Waals surface area contributed by atoms with Crippen molar-refractivity contribution in [2.75, 3.05) is 0 Å². The molecule has 1 aromatic heterocycles. The number of benzene rings is 2. The van der Waals surface area contributed by atoms with Crippen LogP contribution in [-0.2, 0) is 0 Å². The number of hydrogen-bond acceptors (Lipinski definition) is 4. The molecule has 0 atom stereocenters. The van der Waals surface area contributed by atoms with E-state index in [-0.39, 0.29) is 0 Å². The van der Waals surface area contributed by atoms with Gasteiger partial charge in [-0.3, -0.25) is 0 Å². The number of rotatable bonds is 2. The highest BCUT2D eigenvalue weighted by atomic mass is 32.2. The molecule has 3 rings (SSSR count). The number of fused-ring (bicyclic) bond motifs is 1. The predicted molar refractivity (Wildman–Crippen MR) is 71.8 cm³/mol. The average Bonchev–Trinajstić information content (AvgIpc) is 2.86. The molecule has 0 spiro atoms. The van der Waals surface area contributed by atoms with Crippen LogP contribution < -0.4 is 0 Å². The molecule has 1 N–H and O–H groups in total. The Bertz CT molecular complexity index is 650. The third-order valence-electron chi connectivity index (χ3n) is 2.47. The number of aromatic hydroxyl groups is 1. The van der Waals surface area contributed by atoms with Crippen molar-refractivity contribution in [3.8, 4) is 5.75 Å². The van der Waals surface area contributed by atoms with Crippen molar-refractivity contribution >= 4 is 33.9 Å². The summed E-state index contributed by atoms with van der Waals surface area (Å²) in [5.41, 5.74) is 0. The summed E-state index contributed by atoms with van der Waals surface area (Å²) in [6, 6.07) is 11.5. The Morgan fingerprint density at radius 3 is 2.65 bits per heavy atom. The van der Waals surface area contributed by atoms with Crippen LogP contribution >= 0.6 is 23.1 Å². The molecule has 1 heterocycles. The molecule has 17 heavy (non-hydrogen) atoms.